The second-order valence-electron chi connectivity index (χ2n) is 9.90. The quantitative estimate of drug-likeness (QED) is 0.152. The van der Waals surface area contributed by atoms with Gasteiger partial charge in [0.15, 0.2) is 0 Å². The third-order valence-corrected chi connectivity index (χ3v) is 11.1. The second-order valence-corrected chi connectivity index (χ2v) is 14.2. The summed E-state index contributed by atoms with van der Waals surface area (Å²) in [6.45, 7) is 12.8. The topological polar surface area (TPSA) is 55.8 Å². The molecule has 0 amide bonds. The Kier molecular flexibility index (Phi) is 11.8. The van der Waals surface area contributed by atoms with E-state index in [1.54, 1.807) is 32.1 Å². The van der Waals surface area contributed by atoms with Crippen LogP contribution in [0.5, 0.6) is 0 Å². The van der Waals surface area contributed by atoms with Gasteiger partial charge in [0.25, 0.3) is 8.32 Å². The van der Waals surface area contributed by atoms with Crippen molar-refractivity contribution in [3.05, 3.63) is 96.1 Å². The Morgan fingerprint density at radius 3 is 2.08 bits per heavy atom. The van der Waals surface area contributed by atoms with Gasteiger partial charge in [-0.05, 0) is 47.8 Å². The van der Waals surface area contributed by atoms with E-state index in [0.717, 1.165) is 5.57 Å². The highest BCUT2D eigenvalue weighted by molar-refractivity contribution is 6.99. The molecular formula is C32H40O4Si. The van der Waals surface area contributed by atoms with Crippen LogP contribution in [0.15, 0.2) is 96.1 Å². The minimum Gasteiger partial charge on any atom is -0.463 e. The molecule has 2 aromatic carbocycles. The van der Waals surface area contributed by atoms with Crippen molar-refractivity contribution in [3.8, 4) is 11.8 Å². The van der Waals surface area contributed by atoms with Crippen LogP contribution in [0, 0.1) is 11.8 Å². The molecular weight excluding hydrogens is 476 g/mol. The lowest BCUT2D eigenvalue weighted by Gasteiger charge is -2.42. The van der Waals surface area contributed by atoms with Gasteiger partial charge in [0.2, 0.25) is 0 Å². The molecule has 0 aliphatic carbocycles. The zero-order valence-electron chi connectivity index (χ0n) is 23.0. The van der Waals surface area contributed by atoms with E-state index in [2.05, 4.69) is 81.1 Å². The second kappa shape index (κ2) is 14.5. The summed E-state index contributed by atoms with van der Waals surface area (Å²) in [7, 11) is -2.57. The monoisotopic (exact) mass is 516 g/mol. The van der Waals surface area contributed by atoms with Crippen LogP contribution < -0.4 is 10.4 Å². The molecule has 0 saturated heterocycles. The van der Waals surface area contributed by atoms with Gasteiger partial charge < -0.3 is 14.3 Å². The van der Waals surface area contributed by atoms with Crippen molar-refractivity contribution in [2.45, 2.75) is 59.1 Å². The van der Waals surface area contributed by atoms with Gasteiger partial charge in [-0.15, -0.1) is 0 Å². The van der Waals surface area contributed by atoms with Crippen LogP contribution in [0.1, 0.15) is 48.0 Å². The molecule has 0 aliphatic rings. The summed E-state index contributed by atoms with van der Waals surface area (Å²) in [5.74, 6) is 5.65. The molecule has 0 fully saturated rings. The average molecular weight is 517 g/mol. The number of allylic oxidation sites excluding steroid dienone is 3. The van der Waals surface area contributed by atoms with Crippen molar-refractivity contribution in [3.63, 3.8) is 0 Å². The molecule has 4 nitrogen and oxygen atoms in total. The third kappa shape index (κ3) is 8.43. The number of ether oxygens (including phenoxy) is 1. The molecule has 196 valence electrons. The first-order valence-electron chi connectivity index (χ1n) is 12.7. The number of carbonyl (C=O) groups is 1. The van der Waals surface area contributed by atoms with Crippen LogP contribution in [0.25, 0.3) is 0 Å². The Hall–Kier alpha value is -3.17. The Labute approximate surface area is 223 Å². The van der Waals surface area contributed by atoms with Crippen LogP contribution >= 0.6 is 0 Å². The lowest BCUT2D eigenvalue weighted by Crippen LogP contribution is -2.66. The van der Waals surface area contributed by atoms with Crippen molar-refractivity contribution in [2.75, 3.05) is 13.2 Å². The summed E-state index contributed by atoms with van der Waals surface area (Å²) >= 11 is 0. The predicted molar refractivity (Wildman–Crippen MR) is 155 cm³/mol. The third-order valence-electron chi connectivity index (χ3n) is 6.13. The summed E-state index contributed by atoms with van der Waals surface area (Å²) in [4.78, 5) is 11.7. The predicted octanol–water partition coefficient (Wildman–Crippen LogP) is 5.33. The van der Waals surface area contributed by atoms with Crippen LogP contribution in [0.4, 0.5) is 0 Å². The van der Waals surface area contributed by atoms with Gasteiger partial charge in [-0.1, -0.05) is 112 Å². The van der Waals surface area contributed by atoms with Crippen molar-refractivity contribution in [1.82, 2.24) is 0 Å². The Balaban J connectivity index is 2.08. The van der Waals surface area contributed by atoms with Gasteiger partial charge in [-0.25, -0.2) is 4.79 Å². The largest absolute Gasteiger partial charge is 0.463 e. The van der Waals surface area contributed by atoms with Gasteiger partial charge in [-0.3, -0.25) is 0 Å². The Morgan fingerprint density at radius 1 is 1.00 bits per heavy atom. The van der Waals surface area contributed by atoms with E-state index in [-0.39, 0.29) is 11.0 Å². The molecule has 2 aromatic rings. The molecule has 37 heavy (non-hydrogen) atoms. The van der Waals surface area contributed by atoms with Crippen LogP contribution in [0.3, 0.4) is 0 Å². The minimum absolute atomic E-state index is 0.0801. The number of rotatable bonds is 10. The lowest BCUT2D eigenvalue weighted by atomic mass is 10.1. The molecule has 0 radical (unpaired) electrons. The standard InChI is InChI=1S/C32H40O4Si/c1-7-35-31(34)27(3)24-23-26(2)30(33)22-16-8-9-17-25-36-37(32(4,5)6,28-18-12-10-13-19-28)29-20-14-11-15-21-29/h9-15,17-21,23-24,30,33H,7,22,25H2,1-6H3/b17-9+,26-23-,27-24+/t30-/m1/s1. The average Bonchev–Trinajstić information content (AvgIpc) is 2.89. The summed E-state index contributed by atoms with van der Waals surface area (Å²) in [6, 6.07) is 21.1. The van der Waals surface area contributed by atoms with E-state index < -0.39 is 14.4 Å². The lowest BCUT2D eigenvalue weighted by molar-refractivity contribution is -0.138. The van der Waals surface area contributed by atoms with Crippen molar-refractivity contribution in [2.24, 2.45) is 0 Å². The zero-order chi connectivity index (χ0) is 27.3. The molecule has 2 rings (SSSR count). The maximum absolute atomic E-state index is 11.7. The number of carbonyl (C=O) groups excluding carboxylic acids is 1. The van der Waals surface area contributed by atoms with E-state index in [1.165, 1.54) is 10.4 Å². The van der Waals surface area contributed by atoms with Gasteiger partial charge in [0.05, 0.1) is 19.3 Å². The Bertz CT molecular complexity index is 1110. The van der Waals surface area contributed by atoms with Crippen LogP contribution in [-0.2, 0) is 14.0 Å². The fraction of sp³-hybridized carbons (Fsp3) is 0.344. The van der Waals surface area contributed by atoms with Crippen LogP contribution in [0.2, 0.25) is 5.04 Å². The Morgan fingerprint density at radius 2 is 1.57 bits per heavy atom. The molecule has 0 heterocycles. The molecule has 0 spiro atoms. The molecule has 0 unspecified atom stereocenters. The first-order chi connectivity index (χ1) is 17.6. The van der Waals surface area contributed by atoms with Crippen molar-refractivity contribution >= 4 is 24.7 Å². The van der Waals surface area contributed by atoms with Gasteiger partial charge in [0.1, 0.15) is 0 Å². The molecule has 1 N–H and O–H groups in total. The number of aliphatic hydroxyl groups excluding tert-OH is 1. The van der Waals surface area contributed by atoms with E-state index in [9.17, 15) is 9.90 Å². The highest BCUT2D eigenvalue weighted by Gasteiger charge is 2.49. The van der Waals surface area contributed by atoms with E-state index in [4.69, 9.17) is 9.16 Å². The number of benzene rings is 2. The highest BCUT2D eigenvalue weighted by Crippen LogP contribution is 2.36. The SMILES string of the molecule is CCOC(=O)/C(C)=C/C=C(/C)[C@H](O)CC#C/C=C/CO[Si](c1ccccc1)(c1ccccc1)C(C)(C)C. The fourth-order valence-corrected chi connectivity index (χ4v) is 8.60. The summed E-state index contributed by atoms with van der Waals surface area (Å²) in [6.07, 6.45) is 6.70. The van der Waals surface area contributed by atoms with Crippen molar-refractivity contribution in [1.29, 1.82) is 0 Å². The first kappa shape index (κ1) is 30.1. The number of esters is 1. The molecule has 0 bridgehead atoms. The van der Waals surface area contributed by atoms with Crippen LogP contribution in [-0.4, -0.2) is 38.7 Å². The molecule has 0 aromatic heterocycles. The number of aliphatic hydroxyl groups is 1. The summed E-state index contributed by atoms with van der Waals surface area (Å²) in [5, 5.41) is 12.8. The summed E-state index contributed by atoms with van der Waals surface area (Å²) < 4.78 is 11.8. The maximum Gasteiger partial charge on any atom is 0.333 e. The smallest absolute Gasteiger partial charge is 0.333 e. The molecule has 0 aliphatic heterocycles. The molecule has 0 saturated carbocycles. The number of hydrogen-bond donors (Lipinski definition) is 1. The van der Waals surface area contributed by atoms with Gasteiger partial charge in [-0.2, -0.15) is 0 Å². The van der Waals surface area contributed by atoms with E-state index in [0.29, 0.717) is 25.2 Å². The molecule has 1 atom stereocenters. The highest BCUT2D eigenvalue weighted by atomic mass is 28.4. The molecule has 5 heteroatoms. The van der Waals surface area contributed by atoms with Gasteiger partial charge >= 0.3 is 5.97 Å². The van der Waals surface area contributed by atoms with Gasteiger partial charge in [0, 0.05) is 12.0 Å². The van der Waals surface area contributed by atoms with E-state index in [1.807, 2.05) is 25.1 Å². The minimum atomic E-state index is -2.57. The first-order valence-corrected chi connectivity index (χ1v) is 14.6. The van der Waals surface area contributed by atoms with E-state index >= 15 is 0 Å². The normalized spacial score (nSPS) is 13.7. The fourth-order valence-electron chi connectivity index (χ4n) is 4.10. The van der Waals surface area contributed by atoms with Crippen molar-refractivity contribution < 1.29 is 19.1 Å². The number of hydrogen-bond acceptors (Lipinski definition) is 4. The summed E-state index contributed by atoms with van der Waals surface area (Å²) in [5.41, 5.74) is 1.22. The zero-order valence-corrected chi connectivity index (χ0v) is 24.0. The maximum atomic E-state index is 11.7.